The fourth-order valence-corrected chi connectivity index (χ4v) is 1.43. The van der Waals surface area contributed by atoms with Crippen LogP contribution in [0.2, 0.25) is 0 Å². The van der Waals surface area contributed by atoms with E-state index in [1.807, 2.05) is 0 Å². The molecular weight excluding hydrogens is 250 g/mol. The first-order chi connectivity index (χ1) is 8.92. The van der Waals surface area contributed by atoms with E-state index in [1.54, 1.807) is 12.1 Å². The topological polar surface area (TPSA) is 81.7 Å². The molecule has 1 aromatic rings. The van der Waals surface area contributed by atoms with Crippen molar-refractivity contribution < 1.29 is 23.9 Å². The number of Topliss-reactive ketones (excluding diaryl/α,β-unsaturated/α-hetero) is 1. The molecule has 6 heteroatoms. The van der Waals surface area contributed by atoms with Crippen LogP contribution < -0.4 is 14.8 Å². The van der Waals surface area contributed by atoms with Crippen molar-refractivity contribution in [3.05, 3.63) is 18.2 Å². The Morgan fingerprint density at radius 2 is 1.89 bits per heavy atom. The van der Waals surface area contributed by atoms with E-state index in [9.17, 15) is 14.4 Å². The summed E-state index contributed by atoms with van der Waals surface area (Å²) in [4.78, 5) is 33.2. The van der Waals surface area contributed by atoms with Gasteiger partial charge in [-0.1, -0.05) is 0 Å². The lowest BCUT2D eigenvalue weighted by Gasteiger charge is -2.11. The molecule has 0 atom stereocenters. The molecule has 1 N–H and O–H groups in total. The first-order valence-electron chi connectivity index (χ1n) is 5.58. The van der Waals surface area contributed by atoms with Crippen LogP contribution in [0.15, 0.2) is 18.2 Å². The maximum Gasteiger partial charge on any atom is 0.308 e. The lowest BCUT2D eigenvalue weighted by atomic mass is 10.2. The van der Waals surface area contributed by atoms with Crippen LogP contribution in [0.5, 0.6) is 11.5 Å². The number of ether oxygens (including phenoxy) is 2. The van der Waals surface area contributed by atoms with Gasteiger partial charge in [0.05, 0.1) is 19.2 Å². The average molecular weight is 265 g/mol. The summed E-state index contributed by atoms with van der Waals surface area (Å²) in [5.41, 5.74) is 0.340. The molecule has 0 aromatic heterocycles. The van der Waals surface area contributed by atoms with Crippen molar-refractivity contribution in [3.8, 4) is 11.5 Å². The molecule has 0 aliphatic carbocycles. The number of amides is 1. The summed E-state index contributed by atoms with van der Waals surface area (Å²) in [6.07, 6.45) is -0.221. The van der Waals surface area contributed by atoms with E-state index in [4.69, 9.17) is 9.47 Å². The summed E-state index contributed by atoms with van der Waals surface area (Å²) in [6.45, 7) is 2.60. The standard InChI is InChI=1S/C13H15NO5/c1-8(15)6-13(17)14-11-7-10(19-9(2)16)4-5-12(11)18-3/h4-5,7H,6H2,1-3H3,(H,14,17). The third-order valence-electron chi connectivity index (χ3n) is 2.12. The van der Waals surface area contributed by atoms with Crippen LogP contribution in [0.25, 0.3) is 0 Å². The number of anilines is 1. The molecular formula is C13H15NO5. The van der Waals surface area contributed by atoms with Gasteiger partial charge in [-0.3, -0.25) is 14.4 Å². The predicted molar refractivity (Wildman–Crippen MR) is 68.2 cm³/mol. The van der Waals surface area contributed by atoms with Gasteiger partial charge in [-0.05, 0) is 19.1 Å². The van der Waals surface area contributed by atoms with Crippen molar-refractivity contribution in [2.75, 3.05) is 12.4 Å². The fraction of sp³-hybridized carbons (Fsp3) is 0.308. The van der Waals surface area contributed by atoms with E-state index in [1.165, 1.54) is 27.0 Å². The molecule has 0 radical (unpaired) electrons. The van der Waals surface area contributed by atoms with Crippen molar-refractivity contribution in [2.24, 2.45) is 0 Å². The summed E-state index contributed by atoms with van der Waals surface area (Å²) >= 11 is 0. The highest BCUT2D eigenvalue weighted by Crippen LogP contribution is 2.29. The number of carbonyl (C=O) groups excluding carboxylic acids is 3. The minimum absolute atomic E-state index is 0.221. The van der Waals surface area contributed by atoms with E-state index in [0.717, 1.165) is 0 Å². The molecule has 6 nitrogen and oxygen atoms in total. The van der Waals surface area contributed by atoms with Crippen LogP contribution in [-0.4, -0.2) is 24.8 Å². The normalized spacial score (nSPS) is 9.63. The second-order valence-corrected chi connectivity index (χ2v) is 3.88. The molecule has 0 saturated carbocycles. The predicted octanol–water partition coefficient (Wildman–Crippen LogP) is 1.54. The van der Waals surface area contributed by atoms with Gasteiger partial charge in [-0.2, -0.15) is 0 Å². The summed E-state index contributed by atoms with van der Waals surface area (Å²) < 4.78 is 9.98. The van der Waals surface area contributed by atoms with E-state index in [2.05, 4.69) is 5.32 Å². The number of methoxy groups -OCH3 is 1. The first kappa shape index (κ1) is 14.7. The Kier molecular flexibility index (Phi) is 5.05. The Morgan fingerprint density at radius 1 is 1.21 bits per heavy atom. The molecule has 1 amide bonds. The highest BCUT2D eigenvalue weighted by molar-refractivity contribution is 6.04. The summed E-state index contributed by atoms with van der Waals surface area (Å²) in [5.74, 6) is -0.469. The van der Waals surface area contributed by atoms with Gasteiger partial charge in [0.2, 0.25) is 5.91 Å². The largest absolute Gasteiger partial charge is 0.495 e. The molecule has 0 heterocycles. The Balaban J connectivity index is 2.92. The van der Waals surface area contributed by atoms with Gasteiger partial charge in [-0.15, -0.1) is 0 Å². The van der Waals surface area contributed by atoms with Crippen molar-refractivity contribution in [1.82, 2.24) is 0 Å². The molecule has 19 heavy (non-hydrogen) atoms. The van der Waals surface area contributed by atoms with Gasteiger partial charge in [0.25, 0.3) is 0 Å². The lowest BCUT2D eigenvalue weighted by Crippen LogP contribution is -2.15. The molecule has 0 aliphatic heterocycles. The van der Waals surface area contributed by atoms with Gasteiger partial charge >= 0.3 is 5.97 Å². The highest BCUT2D eigenvalue weighted by Gasteiger charge is 2.11. The molecule has 1 rings (SSSR count). The fourth-order valence-electron chi connectivity index (χ4n) is 1.43. The molecule has 0 unspecified atom stereocenters. The zero-order valence-corrected chi connectivity index (χ0v) is 11.0. The minimum Gasteiger partial charge on any atom is -0.495 e. The number of benzene rings is 1. The monoisotopic (exact) mass is 265 g/mol. The third kappa shape index (κ3) is 4.79. The zero-order chi connectivity index (χ0) is 14.4. The van der Waals surface area contributed by atoms with Gasteiger partial charge < -0.3 is 14.8 Å². The van der Waals surface area contributed by atoms with Crippen LogP contribution >= 0.6 is 0 Å². The summed E-state index contributed by atoms with van der Waals surface area (Å²) in [5, 5.41) is 2.53. The summed E-state index contributed by atoms with van der Waals surface area (Å²) in [6, 6.07) is 4.56. The van der Waals surface area contributed by atoms with Crippen LogP contribution in [0.3, 0.4) is 0 Å². The number of hydrogen-bond acceptors (Lipinski definition) is 5. The molecule has 0 fully saturated rings. The van der Waals surface area contributed by atoms with E-state index < -0.39 is 11.9 Å². The molecule has 102 valence electrons. The number of hydrogen-bond donors (Lipinski definition) is 1. The maximum absolute atomic E-state index is 11.5. The van der Waals surface area contributed by atoms with Crippen molar-refractivity contribution >= 4 is 23.3 Å². The number of rotatable bonds is 5. The van der Waals surface area contributed by atoms with E-state index in [-0.39, 0.29) is 18.0 Å². The van der Waals surface area contributed by atoms with Crippen molar-refractivity contribution in [3.63, 3.8) is 0 Å². The molecule has 0 bridgehead atoms. The Bertz CT molecular complexity index is 510. The Morgan fingerprint density at radius 3 is 2.42 bits per heavy atom. The van der Waals surface area contributed by atoms with Crippen molar-refractivity contribution in [1.29, 1.82) is 0 Å². The number of esters is 1. The Labute approximate surface area is 110 Å². The first-order valence-corrected chi connectivity index (χ1v) is 5.58. The van der Waals surface area contributed by atoms with Gasteiger partial charge in [0, 0.05) is 13.0 Å². The molecule has 1 aromatic carbocycles. The van der Waals surface area contributed by atoms with Crippen LogP contribution in [0.4, 0.5) is 5.69 Å². The highest BCUT2D eigenvalue weighted by atomic mass is 16.5. The van der Waals surface area contributed by atoms with Crippen LogP contribution in [-0.2, 0) is 14.4 Å². The average Bonchev–Trinajstić information content (AvgIpc) is 2.27. The zero-order valence-electron chi connectivity index (χ0n) is 11.0. The molecule has 0 spiro atoms. The second kappa shape index (κ2) is 6.53. The maximum atomic E-state index is 11.5. The van der Waals surface area contributed by atoms with E-state index in [0.29, 0.717) is 11.4 Å². The van der Waals surface area contributed by atoms with Gasteiger partial charge in [0.1, 0.15) is 17.3 Å². The number of ketones is 1. The van der Waals surface area contributed by atoms with Crippen LogP contribution in [0.1, 0.15) is 20.3 Å². The number of nitrogens with one attached hydrogen (secondary N) is 1. The van der Waals surface area contributed by atoms with Gasteiger partial charge in [-0.25, -0.2) is 0 Å². The summed E-state index contributed by atoms with van der Waals surface area (Å²) in [7, 11) is 1.45. The number of carbonyl (C=O) groups is 3. The smallest absolute Gasteiger partial charge is 0.308 e. The second-order valence-electron chi connectivity index (χ2n) is 3.88. The molecule has 0 aliphatic rings. The third-order valence-corrected chi connectivity index (χ3v) is 2.12. The van der Waals surface area contributed by atoms with E-state index >= 15 is 0 Å². The minimum atomic E-state index is -0.467. The van der Waals surface area contributed by atoms with Gasteiger partial charge in [0.15, 0.2) is 0 Å². The lowest BCUT2D eigenvalue weighted by molar-refractivity contribution is -0.132. The molecule has 0 saturated heterocycles. The SMILES string of the molecule is COc1ccc(OC(C)=O)cc1NC(=O)CC(C)=O. The quantitative estimate of drug-likeness (QED) is 0.496. The van der Waals surface area contributed by atoms with Crippen molar-refractivity contribution in [2.45, 2.75) is 20.3 Å². The Hall–Kier alpha value is -2.37. The van der Waals surface area contributed by atoms with Crippen LogP contribution in [0, 0.1) is 0 Å².